The van der Waals surface area contributed by atoms with Gasteiger partial charge in [-0.15, -0.1) is 0 Å². The largest absolute Gasteiger partial charge is 0.494 e. The molecule has 1 aromatic carbocycles. The van der Waals surface area contributed by atoms with E-state index in [0.29, 0.717) is 5.92 Å². The molecule has 30 heavy (non-hydrogen) atoms. The van der Waals surface area contributed by atoms with E-state index in [1.165, 1.54) is 76.2 Å². The molecule has 0 spiro atoms. The van der Waals surface area contributed by atoms with Gasteiger partial charge in [0.25, 0.3) is 0 Å². The first kappa shape index (κ1) is 22.8. The van der Waals surface area contributed by atoms with Crippen molar-refractivity contribution in [2.45, 2.75) is 96.8 Å². The fraction of sp³-hybridized carbons (Fsp3) is 0.630. The topological polar surface area (TPSA) is 35.0 Å². The molecule has 3 rings (SSSR count). The lowest BCUT2D eigenvalue weighted by Crippen LogP contribution is -2.13. The van der Waals surface area contributed by atoms with Crippen LogP contribution in [-0.2, 0) is 0 Å². The molecule has 3 heteroatoms. The third kappa shape index (κ3) is 7.11. The molecule has 1 aromatic heterocycles. The fourth-order valence-corrected chi connectivity index (χ4v) is 4.55. The molecule has 0 saturated heterocycles. The van der Waals surface area contributed by atoms with E-state index < -0.39 is 0 Å². The molecule has 3 nitrogen and oxygen atoms in total. The molecule has 1 heterocycles. The van der Waals surface area contributed by atoms with Gasteiger partial charge in [-0.25, -0.2) is 9.97 Å². The molecule has 2 aromatic rings. The van der Waals surface area contributed by atoms with Gasteiger partial charge in [-0.1, -0.05) is 58.8 Å². The predicted octanol–water partition coefficient (Wildman–Crippen LogP) is 7.96. The van der Waals surface area contributed by atoms with Crippen molar-refractivity contribution in [3.8, 4) is 17.1 Å². The van der Waals surface area contributed by atoms with E-state index >= 15 is 0 Å². The van der Waals surface area contributed by atoms with Crippen LogP contribution in [0.25, 0.3) is 11.4 Å². The Morgan fingerprint density at radius 1 is 0.800 bits per heavy atom. The van der Waals surface area contributed by atoms with Crippen LogP contribution in [0.3, 0.4) is 0 Å². The Labute approximate surface area is 183 Å². The quantitative estimate of drug-likeness (QED) is 0.334. The van der Waals surface area contributed by atoms with E-state index in [4.69, 9.17) is 4.74 Å². The van der Waals surface area contributed by atoms with Crippen LogP contribution in [0.4, 0.5) is 0 Å². The fourth-order valence-electron chi connectivity index (χ4n) is 4.55. The van der Waals surface area contributed by atoms with Gasteiger partial charge in [-0.05, 0) is 73.8 Å². The van der Waals surface area contributed by atoms with Gasteiger partial charge >= 0.3 is 0 Å². The monoisotopic (exact) mass is 408 g/mol. The van der Waals surface area contributed by atoms with Crippen LogP contribution in [0.2, 0.25) is 0 Å². The number of benzene rings is 1. The summed E-state index contributed by atoms with van der Waals surface area (Å²) < 4.78 is 5.90. The number of rotatable bonds is 12. The van der Waals surface area contributed by atoms with Crippen molar-refractivity contribution in [2.75, 3.05) is 6.61 Å². The lowest BCUT2D eigenvalue weighted by atomic mass is 9.78. The van der Waals surface area contributed by atoms with Crippen LogP contribution in [-0.4, -0.2) is 16.6 Å². The molecule has 0 atom stereocenters. The Morgan fingerprint density at radius 3 is 2.07 bits per heavy atom. The maximum atomic E-state index is 5.90. The third-order valence-corrected chi connectivity index (χ3v) is 6.70. The van der Waals surface area contributed by atoms with E-state index in [2.05, 4.69) is 35.9 Å². The summed E-state index contributed by atoms with van der Waals surface area (Å²) in [5, 5.41) is 0. The van der Waals surface area contributed by atoms with Crippen LogP contribution in [0.1, 0.15) is 102 Å². The highest BCUT2D eigenvalue weighted by Crippen LogP contribution is 2.36. The molecule has 164 valence electrons. The summed E-state index contributed by atoms with van der Waals surface area (Å²) in [4.78, 5) is 9.32. The van der Waals surface area contributed by atoms with E-state index in [1.807, 2.05) is 24.5 Å². The summed E-state index contributed by atoms with van der Waals surface area (Å²) in [5.41, 5.74) is 2.36. The molecule has 0 N–H and O–H groups in total. The van der Waals surface area contributed by atoms with Crippen molar-refractivity contribution in [2.24, 2.45) is 5.92 Å². The average Bonchev–Trinajstić information content (AvgIpc) is 2.81. The Bertz CT molecular complexity index is 703. The molecular weight excluding hydrogens is 368 g/mol. The molecule has 0 bridgehead atoms. The summed E-state index contributed by atoms with van der Waals surface area (Å²) in [7, 11) is 0. The number of hydrogen-bond acceptors (Lipinski definition) is 3. The number of ether oxygens (including phenoxy) is 1. The highest BCUT2D eigenvalue weighted by Gasteiger charge is 2.21. The normalized spacial score (nSPS) is 19.0. The highest BCUT2D eigenvalue weighted by atomic mass is 16.5. The van der Waals surface area contributed by atoms with Gasteiger partial charge in [-0.2, -0.15) is 0 Å². The molecule has 0 aliphatic heterocycles. The molecule has 0 radical (unpaired) electrons. The third-order valence-electron chi connectivity index (χ3n) is 6.70. The van der Waals surface area contributed by atoms with E-state index in [-0.39, 0.29) is 0 Å². The molecule has 0 unspecified atom stereocenters. The Morgan fingerprint density at radius 2 is 1.43 bits per heavy atom. The summed E-state index contributed by atoms with van der Waals surface area (Å²) in [6.45, 7) is 5.38. The predicted molar refractivity (Wildman–Crippen MR) is 126 cm³/mol. The lowest BCUT2D eigenvalue weighted by molar-refractivity contribution is 0.304. The number of unbranched alkanes of at least 4 members (excludes halogenated alkanes) is 6. The molecule has 1 aliphatic carbocycles. The smallest absolute Gasteiger partial charge is 0.159 e. The molecule has 1 aliphatic rings. The average molecular weight is 409 g/mol. The minimum atomic E-state index is 0.643. The summed E-state index contributed by atoms with van der Waals surface area (Å²) in [6, 6.07) is 8.23. The zero-order valence-electron chi connectivity index (χ0n) is 19.1. The zero-order chi connectivity index (χ0) is 21.0. The van der Waals surface area contributed by atoms with Crippen LogP contribution >= 0.6 is 0 Å². The summed E-state index contributed by atoms with van der Waals surface area (Å²) in [5.74, 6) is 3.31. The Balaban J connectivity index is 1.41. The van der Waals surface area contributed by atoms with Gasteiger partial charge < -0.3 is 4.74 Å². The lowest BCUT2D eigenvalue weighted by Gasteiger charge is -2.27. The number of aromatic nitrogens is 2. The SMILES string of the molecule is CCCCCCCCCOc1ccc(-c2ncc([C@H]3CC[C@H](CC)CC3)cn2)cc1. The van der Waals surface area contributed by atoms with Gasteiger partial charge in [0, 0.05) is 18.0 Å². The van der Waals surface area contributed by atoms with Crippen LogP contribution in [0.5, 0.6) is 5.75 Å². The summed E-state index contributed by atoms with van der Waals surface area (Å²) >= 11 is 0. The Hall–Kier alpha value is -1.90. The van der Waals surface area contributed by atoms with Crippen molar-refractivity contribution in [3.05, 3.63) is 42.2 Å². The first-order chi connectivity index (χ1) is 14.8. The van der Waals surface area contributed by atoms with Gasteiger partial charge in [0.15, 0.2) is 5.82 Å². The molecule has 1 fully saturated rings. The first-order valence-corrected chi connectivity index (χ1v) is 12.3. The van der Waals surface area contributed by atoms with E-state index in [9.17, 15) is 0 Å². The van der Waals surface area contributed by atoms with E-state index in [1.54, 1.807) is 0 Å². The van der Waals surface area contributed by atoms with Crippen LogP contribution in [0.15, 0.2) is 36.7 Å². The van der Waals surface area contributed by atoms with Gasteiger partial charge in [0.2, 0.25) is 0 Å². The second kappa shape index (κ2) is 12.7. The van der Waals surface area contributed by atoms with Crippen molar-refractivity contribution < 1.29 is 4.74 Å². The van der Waals surface area contributed by atoms with Gasteiger partial charge in [-0.3, -0.25) is 0 Å². The number of hydrogen-bond donors (Lipinski definition) is 0. The maximum absolute atomic E-state index is 5.90. The molecule has 1 saturated carbocycles. The highest BCUT2D eigenvalue weighted by molar-refractivity contribution is 5.56. The second-order valence-electron chi connectivity index (χ2n) is 8.96. The standard InChI is InChI=1S/C27H40N2O/c1-3-5-6-7-8-9-10-19-30-26-17-15-24(16-18-26)27-28-20-25(21-29-27)23-13-11-22(4-2)12-14-23/h15-18,20-23H,3-14,19H2,1-2H3/t22-,23-. The van der Waals surface area contributed by atoms with Crippen molar-refractivity contribution in [1.82, 2.24) is 9.97 Å². The van der Waals surface area contributed by atoms with Crippen LogP contribution < -0.4 is 4.74 Å². The minimum Gasteiger partial charge on any atom is -0.494 e. The zero-order valence-corrected chi connectivity index (χ0v) is 19.1. The first-order valence-electron chi connectivity index (χ1n) is 12.3. The summed E-state index contributed by atoms with van der Waals surface area (Å²) in [6.07, 6.45) is 19.8. The van der Waals surface area contributed by atoms with E-state index in [0.717, 1.165) is 36.1 Å². The second-order valence-corrected chi connectivity index (χ2v) is 8.96. The maximum Gasteiger partial charge on any atom is 0.159 e. The van der Waals surface area contributed by atoms with Crippen LogP contribution in [0, 0.1) is 5.92 Å². The minimum absolute atomic E-state index is 0.643. The molecular formula is C27H40N2O. The van der Waals surface area contributed by atoms with Crippen molar-refractivity contribution in [3.63, 3.8) is 0 Å². The van der Waals surface area contributed by atoms with Gasteiger partial charge in [0.1, 0.15) is 5.75 Å². The van der Waals surface area contributed by atoms with Crippen molar-refractivity contribution >= 4 is 0 Å². The van der Waals surface area contributed by atoms with Crippen molar-refractivity contribution in [1.29, 1.82) is 0 Å². The Kier molecular flexibility index (Phi) is 9.66. The molecule has 0 amide bonds. The number of nitrogens with zero attached hydrogens (tertiary/aromatic N) is 2. The van der Waals surface area contributed by atoms with Gasteiger partial charge in [0.05, 0.1) is 6.61 Å².